The second kappa shape index (κ2) is 2.83. The van der Waals surface area contributed by atoms with Gasteiger partial charge in [0.1, 0.15) is 0 Å². The minimum absolute atomic E-state index is 0.232. The van der Waals surface area contributed by atoms with Crippen LogP contribution in [-0.2, 0) is 9.59 Å². The third-order valence-corrected chi connectivity index (χ3v) is 2.43. The Morgan fingerprint density at radius 1 is 1.54 bits per heavy atom. The van der Waals surface area contributed by atoms with Crippen molar-refractivity contribution in [2.24, 2.45) is 11.8 Å². The first kappa shape index (κ1) is 8.23. The maximum absolute atomic E-state index is 11.4. The second-order valence-electron chi connectivity index (χ2n) is 3.52. The van der Waals surface area contributed by atoms with E-state index in [0.717, 1.165) is 12.0 Å². The zero-order chi connectivity index (χ0) is 9.42. The maximum Gasteiger partial charge on any atom is 0.254 e. The van der Waals surface area contributed by atoms with E-state index in [0.29, 0.717) is 11.8 Å². The molecule has 0 aromatic rings. The quantitative estimate of drug-likeness (QED) is 0.643. The van der Waals surface area contributed by atoms with Gasteiger partial charge in [-0.05, 0) is 18.3 Å². The van der Waals surface area contributed by atoms with E-state index in [1.165, 1.54) is 6.92 Å². The summed E-state index contributed by atoms with van der Waals surface area (Å²) in [7, 11) is 0. The highest BCUT2D eigenvalue weighted by molar-refractivity contribution is 6.04. The monoisotopic (exact) mass is 177 g/mol. The molecule has 0 aromatic carbocycles. The van der Waals surface area contributed by atoms with Gasteiger partial charge in [0.25, 0.3) is 5.91 Å². The van der Waals surface area contributed by atoms with E-state index < -0.39 is 0 Å². The zero-order valence-electron chi connectivity index (χ0n) is 7.41. The summed E-state index contributed by atoms with van der Waals surface area (Å²) in [6, 6.07) is 0. The smallest absolute Gasteiger partial charge is 0.254 e. The van der Waals surface area contributed by atoms with Gasteiger partial charge in [0.2, 0.25) is 5.91 Å². The Morgan fingerprint density at radius 2 is 2.31 bits per heavy atom. The van der Waals surface area contributed by atoms with Crippen molar-refractivity contribution in [3.63, 3.8) is 0 Å². The topological polar surface area (TPSA) is 46.2 Å². The molecule has 0 radical (unpaired) electrons. The number of hydrogen-bond acceptors (Lipinski definition) is 2. The number of carbonyl (C=O) groups excluding carboxylic acids is 2. The Morgan fingerprint density at radius 3 is 3.00 bits per heavy atom. The van der Waals surface area contributed by atoms with Crippen molar-refractivity contribution in [1.29, 1.82) is 0 Å². The van der Waals surface area contributed by atoms with Crippen LogP contribution in [-0.4, -0.2) is 11.8 Å². The molecule has 0 aromatic heterocycles. The molecule has 2 atom stereocenters. The number of allylic oxidation sites excluding steroid dienone is 3. The summed E-state index contributed by atoms with van der Waals surface area (Å²) < 4.78 is 0. The molecule has 2 aliphatic carbocycles. The molecular formula is C10H11NO2. The largest absolute Gasteiger partial charge is 0.293 e. The molecule has 1 saturated carbocycles. The van der Waals surface area contributed by atoms with Crippen LogP contribution < -0.4 is 5.32 Å². The highest BCUT2D eigenvalue weighted by Crippen LogP contribution is 2.47. The van der Waals surface area contributed by atoms with Gasteiger partial charge in [-0.25, -0.2) is 0 Å². The van der Waals surface area contributed by atoms with Crippen molar-refractivity contribution in [3.8, 4) is 0 Å². The van der Waals surface area contributed by atoms with Gasteiger partial charge in [-0.2, -0.15) is 0 Å². The Bertz CT molecular complexity index is 328. The molecule has 1 fully saturated rings. The van der Waals surface area contributed by atoms with Crippen LogP contribution in [0.4, 0.5) is 0 Å². The summed E-state index contributed by atoms with van der Waals surface area (Å²) in [4.78, 5) is 22.1. The van der Waals surface area contributed by atoms with Crippen molar-refractivity contribution in [2.75, 3.05) is 0 Å². The lowest BCUT2D eigenvalue weighted by Crippen LogP contribution is -2.30. The normalized spacial score (nSPS) is 28.8. The summed E-state index contributed by atoms with van der Waals surface area (Å²) in [6.45, 7) is 1.35. The number of carbonyl (C=O) groups is 2. The molecule has 2 unspecified atom stereocenters. The molecule has 0 heterocycles. The fraction of sp³-hybridized carbons (Fsp3) is 0.400. The summed E-state index contributed by atoms with van der Waals surface area (Å²) >= 11 is 0. The molecule has 68 valence electrons. The molecule has 2 amide bonds. The van der Waals surface area contributed by atoms with Gasteiger partial charge >= 0.3 is 0 Å². The van der Waals surface area contributed by atoms with Crippen LogP contribution in [0.25, 0.3) is 0 Å². The van der Waals surface area contributed by atoms with Crippen molar-refractivity contribution in [2.45, 2.75) is 13.3 Å². The highest BCUT2D eigenvalue weighted by Gasteiger charge is 2.41. The van der Waals surface area contributed by atoms with E-state index >= 15 is 0 Å². The van der Waals surface area contributed by atoms with Crippen LogP contribution in [0.5, 0.6) is 0 Å². The van der Waals surface area contributed by atoms with Crippen LogP contribution in [0, 0.1) is 11.8 Å². The SMILES string of the molecule is CC(=O)NC(=O)C1=CC=CC2CC12. The first-order valence-electron chi connectivity index (χ1n) is 4.39. The first-order valence-corrected chi connectivity index (χ1v) is 4.39. The van der Waals surface area contributed by atoms with Gasteiger partial charge in [0, 0.05) is 12.5 Å². The van der Waals surface area contributed by atoms with E-state index in [9.17, 15) is 9.59 Å². The Kier molecular flexibility index (Phi) is 1.79. The number of imide groups is 1. The number of rotatable bonds is 1. The standard InChI is InChI=1S/C10H11NO2/c1-6(12)11-10(13)8-4-2-3-7-5-9(7)8/h2-4,7,9H,5H2,1H3,(H,11,12,13). The summed E-state index contributed by atoms with van der Waals surface area (Å²) in [5, 5.41) is 2.29. The lowest BCUT2D eigenvalue weighted by atomic mass is 10.0. The van der Waals surface area contributed by atoms with E-state index in [4.69, 9.17) is 0 Å². The predicted molar refractivity (Wildman–Crippen MR) is 47.6 cm³/mol. The van der Waals surface area contributed by atoms with Gasteiger partial charge in [0.15, 0.2) is 0 Å². The number of fused-ring (bicyclic) bond motifs is 1. The molecule has 0 saturated heterocycles. The second-order valence-corrected chi connectivity index (χ2v) is 3.52. The molecular weight excluding hydrogens is 166 g/mol. The average Bonchev–Trinajstić information content (AvgIpc) is 2.79. The van der Waals surface area contributed by atoms with E-state index in [2.05, 4.69) is 11.4 Å². The van der Waals surface area contributed by atoms with Gasteiger partial charge in [0.05, 0.1) is 0 Å². The average molecular weight is 177 g/mol. The summed E-state index contributed by atoms with van der Waals surface area (Å²) in [5.74, 6) is 0.379. The fourth-order valence-corrected chi connectivity index (χ4v) is 1.69. The molecule has 13 heavy (non-hydrogen) atoms. The Balaban J connectivity index is 2.08. The highest BCUT2D eigenvalue weighted by atomic mass is 16.2. The molecule has 0 bridgehead atoms. The lowest BCUT2D eigenvalue weighted by Gasteiger charge is -2.06. The lowest BCUT2D eigenvalue weighted by molar-refractivity contribution is -0.127. The number of nitrogens with one attached hydrogen (secondary N) is 1. The fourth-order valence-electron chi connectivity index (χ4n) is 1.69. The minimum Gasteiger partial charge on any atom is -0.293 e. The Labute approximate surface area is 76.5 Å². The molecule has 2 rings (SSSR count). The molecule has 0 spiro atoms. The molecule has 2 aliphatic rings. The number of amides is 2. The van der Waals surface area contributed by atoms with Gasteiger partial charge in [-0.3, -0.25) is 14.9 Å². The predicted octanol–water partition coefficient (Wildman–Crippen LogP) is 0.781. The third-order valence-electron chi connectivity index (χ3n) is 2.43. The van der Waals surface area contributed by atoms with Crippen molar-refractivity contribution < 1.29 is 9.59 Å². The summed E-state index contributed by atoms with van der Waals surface area (Å²) in [5.41, 5.74) is 0.753. The zero-order valence-corrected chi connectivity index (χ0v) is 7.41. The minimum atomic E-state index is -0.294. The molecule has 1 N–H and O–H groups in total. The van der Waals surface area contributed by atoms with Crippen molar-refractivity contribution >= 4 is 11.8 Å². The van der Waals surface area contributed by atoms with Gasteiger partial charge < -0.3 is 0 Å². The van der Waals surface area contributed by atoms with E-state index in [1.807, 2.05) is 6.08 Å². The molecule has 3 heteroatoms. The van der Waals surface area contributed by atoms with Crippen LogP contribution in [0.1, 0.15) is 13.3 Å². The number of hydrogen-bond donors (Lipinski definition) is 1. The van der Waals surface area contributed by atoms with Crippen molar-refractivity contribution in [1.82, 2.24) is 5.32 Å². The van der Waals surface area contributed by atoms with Crippen LogP contribution in [0.2, 0.25) is 0 Å². The first-order chi connectivity index (χ1) is 6.18. The summed E-state index contributed by atoms with van der Waals surface area (Å²) in [6.07, 6.45) is 6.85. The van der Waals surface area contributed by atoms with Crippen LogP contribution in [0.15, 0.2) is 23.8 Å². The molecule has 0 aliphatic heterocycles. The van der Waals surface area contributed by atoms with Gasteiger partial charge in [-0.15, -0.1) is 0 Å². The third kappa shape index (κ3) is 1.54. The van der Waals surface area contributed by atoms with Crippen molar-refractivity contribution in [3.05, 3.63) is 23.8 Å². The van der Waals surface area contributed by atoms with Crippen LogP contribution in [0.3, 0.4) is 0 Å². The van der Waals surface area contributed by atoms with Crippen LogP contribution >= 0.6 is 0 Å². The van der Waals surface area contributed by atoms with E-state index in [-0.39, 0.29) is 11.8 Å². The maximum atomic E-state index is 11.4. The van der Waals surface area contributed by atoms with Gasteiger partial charge in [-0.1, -0.05) is 18.2 Å². The Hall–Kier alpha value is -1.38. The molecule has 3 nitrogen and oxygen atoms in total. The van der Waals surface area contributed by atoms with E-state index in [1.54, 1.807) is 6.08 Å².